The molecule has 6 nitrogen and oxygen atoms in total. The normalized spacial score (nSPS) is 17.4. The van der Waals surface area contributed by atoms with Crippen LogP contribution in [-0.4, -0.2) is 27.8 Å². The monoisotopic (exact) mass is 260 g/mol. The Morgan fingerprint density at radius 3 is 2.84 bits per heavy atom. The lowest BCUT2D eigenvalue weighted by atomic mass is 9.74. The molecule has 1 fully saturated rings. The molecule has 1 heterocycles. The van der Waals surface area contributed by atoms with Crippen molar-refractivity contribution < 1.29 is 9.90 Å². The average molecular weight is 260 g/mol. The quantitative estimate of drug-likeness (QED) is 0.856. The van der Waals surface area contributed by atoms with Crippen molar-refractivity contribution in [2.45, 2.75) is 32.1 Å². The van der Waals surface area contributed by atoms with E-state index in [1.165, 1.54) is 6.20 Å². The van der Waals surface area contributed by atoms with E-state index in [0.717, 1.165) is 19.3 Å². The summed E-state index contributed by atoms with van der Waals surface area (Å²) in [5.41, 5.74) is -0.367. The predicted molar refractivity (Wildman–Crippen MR) is 68.4 cm³/mol. The Hall–Kier alpha value is -2.16. The van der Waals surface area contributed by atoms with Gasteiger partial charge in [0.05, 0.1) is 17.2 Å². The number of nitrogens with one attached hydrogen (secondary N) is 1. The third-order valence-electron chi connectivity index (χ3n) is 3.70. The van der Waals surface area contributed by atoms with Crippen LogP contribution in [0.25, 0.3) is 0 Å². The summed E-state index contributed by atoms with van der Waals surface area (Å²) in [6.07, 6.45) is 5.72. The van der Waals surface area contributed by atoms with Crippen LogP contribution in [0, 0.1) is 16.7 Å². The molecule has 1 aromatic heterocycles. The van der Waals surface area contributed by atoms with Crippen molar-refractivity contribution in [3.63, 3.8) is 0 Å². The summed E-state index contributed by atoms with van der Waals surface area (Å²) in [6.45, 7) is 0.287. The zero-order valence-corrected chi connectivity index (χ0v) is 10.6. The molecule has 1 aliphatic rings. The van der Waals surface area contributed by atoms with Gasteiger partial charge < -0.3 is 10.4 Å². The average Bonchev–Trinajstić information content (AvgIpc) is 2.46. The molecule has 0 radical (unpaired) electrons. The summed E-state index contributed by atoms with van der Waals surface area (Å²) in [6, 6.07) is 3.57. The standard InChI is InChI=1S/C13H16N4O2/c14-8-10-4-7-16-17-11(10)15-9-13(12(18)19)5-2-1-3-6-13/h4,7H,1-3,5-6,9H2,(H,15,17)(H,18,19). The molecule has 100 valence electrons. The largest absolute Gasteiger partial charge is 0.481 e. The molecule has 0 spiro atoms. The minimum atomic E-state index is -0.776. The van der Waals surface area contributed by atoms with Gasteiger partial charge in [0.25, 0.3) is 0 Å². The molecule has 0 amide bonds. The van der Waals surface area contributed by atoms with Crippen molar-refractivity contribution in [2.24, 2.45) is 5.41 Å². The molecular formula is C13H16N4O2. The molecule has 0 atom stereocenters. The topological polar surface area (TPSA) is 98.9 Å². The number of carboxylic acid groups (broad SMARTS) is 1. The number of hydrogen-bond acceptors (Lipinski definition) is 5. The lowest BCUT2D eigenvalue weighted by Gasteiger charge is -2.33. The van der Waals surface area contributed by atoms with E-state index in [0.29, 0.717) is 24.2 Å². The van der Waals surface area contributed by atoms with Crippen molar-refractivity contribution in [3.05, 3.63) is 17.8 Å². The number of rotatable bonds is 4. The molecule has 2 N–H and O–H groups in total. The Morgan fingerprint density at radius 2 is 2.21 bits per heavy atom. The van der Waals surface area contributed by atoms with E-state index in [-0.39, 0.29) is 6.54 Å². The summed E-state index contributed by atoms with van der Waals surface area (Å²) in [5, 5.41) is 28.9. The Kier molecular flexibility index (Phi) is 3.95. The molecule has 19 heavy (non-hydrogen) atoms. The number of aliphatic carboxylic acids is 1. The lowest BCUT2D eigenvalue weighted by molar-refractivity contribution is -0.150. The van der Waals surface area contributed by atoms with E-state index < -0.39 is 11.4 Å². The minimum Gasteiger partial charge on any atom is -0.481 e. The van der Waals surface area contributed by atoms with Gasteiger partial charge in [-0.3, -0.25) is 4.79 Å². The Bertz CT molecular complexity index is 504. The maximum atomic E-state index is 11.5. The molecule has 2 rings (SSSR count). The highest BCUT2D eigenvalue weighted by Crippen LogP contribution is 2.36. The van der Waals surface area contributed by atoms with Gasteiger partial charge in [-0.25, -0.2) is 0 Å². The highest BCUT2D eigenvalue weighted by molar-refractivity contribution is 5.75. The second kappa shape index (κ2) is 5.65. The molecule has 1 aromatic rings. The molecule has 0 aromatic carbocycles. The van der Waals surface area contributed by atoms with E-state index >= 15 is 0 Å². The number of carbonyl (C=O) groups is 1. The second-order valence-electron chi connectivity index (χ2n) is 4.90. The van der Waals surface area contributed by atoms with E-state index in [1.54, 1.807) is 6.07 Å². The van der Waals surface area contributed by atoms with Gasteiger partial charge in [0.15, 0.2) is 5.82 Å². The van der Waals surface area contributed by atoms with Crippen molar-refractivity contribution in [2.75, 3.05) is 11.9 Å². The Morgan fingerprint density at radius 1 is 1.47 bits per heavy atom. The zero-order valence-electron chi connectivity index (χ0n) is 10.6. The van der Waals surface area contributed by atoms with Crippen molar-refractivity contribution in [3.8, 4) is 6.07 Å². The molecule has 1 aliphatic carbocycles. The van der Waals surface area contributed by atoms with Gasteiger partial charge in [0.2, 0.25) is 0 Å². The fourth-order valence-electron chi connectivity index (χ4n) is 2.50. The summed E-state index contributed by atoms with van der Waals surface area (Å²) < 4.78 is 0. The van der Waals surface area contributed by atoms with Gasteiger partial charge in [0, 0.05) is 6.54 Å². The number of hydrogen-bond donors (Lipinski definition) is 2. The van der Waals surface area contributed by atoms with Crippen molar-refractivity contribution in [1.82, 2.24) is 10.2 Å². The first-order valence-corrected chi connectivity index (χ1v) is 6.37. The zero-order chi connectivity index (χ0) is 13.7. The van der Waals surface area contributed by atoms with Gasteiger partial charge in [-0.2, -0.15) is 10.4 Å². The van der Waals surface area contributed by atoms with E-state index in [1.807, 2.05) is 6.07 Å². The van der Waals surface area contributed by atoms with Crippen LogP contribution < -0.4 is 5.32 Å². The van der Waals surface area contributed by atoms with Crippen LogP contribution in [0.1, 0.15) is 37.7 Å². The third-order valence-corrected chi connectivity index (χ3v) is 3.70. The first-order chi connectivity index (χ1) is 9.18. The van der Waals surface area contributed by atoms with Crippen LogP contribution in [0.4, 0.5) is 5.82 Å². The number of nitrogens with zero attached hydrogens (tertiary/aromatic N) is 3. The highest BCUT2D eigenvalue weighted by atomic mass is 16.4. The van der Waals surface area contributed by atoms with Crippen molar-refractivity contribution >= 4 is 11.8 Å². The first kappa shape index (κ1) is 13.3. The maximum absolute atomic E-state index is 11.5. The van der Waals surface area contributed by atoms with Gasteiger partial charge >= 0.3 is 5.97 Å². The fraction of sp³-hybridized carbons (Fsp3) is 0.538. The highest BCUT2D eigenvalue weighted by Gasteiger charge is 2.39. The van der Waals surface area contributed by atoms with Gasteiger partial charge in [-0.1, -0.05) is 19.3 Å². The van der Waals surface area contributed by atoms with E-state index in [4.69, 9.17) is 5.26 Å². The Labute approximate surface area is 111 Å². The van der Waals surface area contributed by atoms with Crippen LogP contribution >= 0.6 is 0 Å². The van der Waals surface area contributed by atoms with E-state index in [2.05, 4.69) is 15.5 Å². The minimum absolute atomic E-state index is 0.287. The van der Waals surface area contributed by atoms with Gasteiger partial charge in [-0.15, -0.1) is 5.10 Å². The SMILES string of the molecule is N#Cc1ccnnc1NCC1(C(=O)O)CCCCC1. The van der Waals surface area contributed by atoms with Crippen LogP contribution in [-0.2, 0) is 4.79 Å². The molecule has 0 saturated heterocycles. The summed E-state index contributed by atoms with van der Waals surface area (Å²) in [4.78, 5) is 11.5. The van der Waals surface area contributed by atoms with Gasteiger partial charge in [0.1, 0.15) is 6.07 Å². The van der Waals surface area contributed by atoms with Crippen LogP contribution in [0.3, 0.4) is 0 Å². The third kappa shape index (κ3) is 2.81. The van der Waals surface area contributed by atoms with Crippen molar-refractivity contribution in [1.29, 1.82) is 5.26 Å². The molecule has 0 bridgehead atoms. The molecule has 1 saturated carbocycles. The van der Waals surface area contributed by atoms with Crippen LogP contribution in [0.5, 0.6) is 0 Å². The molecule has 0 unspecified atom stereocenters. The Balaban J connectivity index is 2.11. The summed E-state index contributed by atoms with van der Waals surface area (Å²) in [5.74, 6) is -0.418. The first-order valence-electron chi connectivity index (χ1n) is 6.37. The number of aromatic nitrogens is 2. The van der Waals surface area contributed by atoms with Crippen LogP contribution in [0.2, 0.25) is 0 Å². The van der Waals surface area contributed by atoms with Crippen LogP contribution in [0.15, 0.2) is 12.3 Å². The molecule has 0 aliphatic heterocycles. The summed E-state index contributed by atoms with van der Waals surface area (Å²) in [7, 11) is 0. The number of anilines is 1. The number of nitriles is 1. The predicted octanol–water partition coefficient (Wildman–Crippen LogP) is 1.80. The van der Waals surface area contributed by atoms with Gasteiger partial charge in [-0.05, 0) is 18.9 Å². The molecular weight excluding hydrogens is 244 g/mol. The fourth-order valence-corrected chi connectivity index (χ4v) is 2.50. The number of carboxylic acids is 1. The smallest absolute Gasteiger partial charge is 0.311 e. The summed E-state index contributed by atoms with van der Waals surface area (Å²) >= 11 is 0. The lowest BCUT2D eigenvalue weighted by Crippen LogP contribution is -2.40. The van der Waals surface area contributed by atoms with E-state index in [9.17, 15) is 9.90 Å². The molecule has 6 heteroatoms. The second-order valence-corrected chi connectivity index (χ2v) is 4.90. The maximum Gasteiger partial charge on any atom is 0.311 e.